The van der Waals surface area contributed by atoms with Crippen LogP contribution >= 0.6 is 0 Å². The van der Waals surface area contributed by atoms with Gasteiger partial charge in [-0.3, -0.25) is 0 Å². The number of nitrogens with zero attached hydrogens (tertiary/aromatic N) is 3. The summed E-state index contributed by atoms with van der Waals surface area (Å²) in [5, 5.41) is 11.9. The third kappa shape index (κ3) is 2.60. The SMILES string of the molecule is C=CCC(NC)c1cnn(-c2ccccc2)n1. The van der Waals surface area contributed by atoms with Gasteiger partial charge in [0.25, 0.3) is 0 Å². The Morgan fingerprint density at radius 1 is 1.41 bits per heavy atom. The molecule has 1 unspecified atom stereocenters. The topological polar surface area (TPSA) is 42.7 Å². The van der Waals surface area contributed by atoms with Crippen LogP contribution in [0.4, 0.5) is 0 Å². The van der Waals surface area contributed by atoms with Crippen LogP contribution in [0.25, 0.3) is 5.69 Å². The Balaban J connectivity index is 2.23. The molecule has 0 amide bonds. The molecule has 1 aromatic carbocycles. The van der Waals surface area contributed by atoms with Crippen LogP contribution in [-0.4, -0.2) is 22.0 Å². The van der Waals surface area contributed by atoms with Crippen molar-refractivity contribution in [1.29, 1.82) is 0 Å². The summed E-state index contributed by atoms with van der Waals surface area (Å²) in [5.74, 6) is 0. The van der Waals surface area contributed by atoms with Crippen LogP contribution in [0.5, 0.6) is 0 Å². The van der Waals surface area contributed by atoms with Gasteiger partial charge in [0.2, 0.25) is 0 Å². The van der Waals surface area contributed by atoms with E-state index in [9.17, 15) is 0 Å². The zero-order valence-electron chi connectivity index (χ0n) is 9.87. The van der Waals surface area contributed by atoms with Crippen LogP contribution in [0, 0.1) is 0 Å². The molecule has 1 aromatic heterocycles. The standard InChI is InChI=1S/C13H16N4/c1-3-7-12(14-2)13-10-15-17(16-13)11-8-5-4-6-9-11/h3-6,8-10,12,14H,1,7H2,2H3. The predicted molar refractivity (Wildman–Crippen MR) is 68.0 cm³/mol. The smallest absolute Gasteiger partial charge is 0.100 e. The van der Waals surface area contributed by atoms with E-state index >= 15 is 0 Å². The molecule has 0 radical (unpaired) electrons. The highest BCUT2D eigenvalue weighted by Crippen LogP contribution is 2.14. The molecular weight excluding hydrogens is 212 g/mol. The monoisotopic (exact) mass is 228 g/mol. The lowest BCUT2D eigenvalue weighted by Gasteiger charge is -2.09. The average Bonchev–Trinajstić information content (AvgIpc) is 2.86. The fraction of sp³-hybridized carbons (Fsp3) is 0.231. The Morgan fingerprint density at radius 2 is 2.18 bits per heavy atom. The van der Waals surface area contributed by atoms with Crippen molar-refractivity contribution in [2.75, 3.05) is 7.05 Å². The van der Waals surface area contributed by atoms with Crippen molar-refractivity contribution in [3.63, 3.8) is 0 Å². The molecule has 1 atom stereocenters. The molecule has 0 aliphatic rings. The summed E-state index contributed by atoms with van der Waals surface area (Å²) < 4.78 is 0. The first kappa shape index (κ1) is 11.5. The largest absolute Gasteiger partial charge is 0.311 e. The number of aromatic nitrogens is 3. The van der Waals surface area contributed by atoms with Crippen molar-refractivity contribution in [2.24, 2.45) is 0 Å². The molecule has 17 heavy (non-hydrogen) atoms. The summed E-state index contributed by atoms with van der Waals surface area (Å²) in [4.78, 5) is 1.64. The van der Waals surface area contributed by atoms with Gasteiger partial charge in [0.15, 0.2) is 0 Å². The fourth-order valence-electron chi connectivity index (χ4n) is 1.67. The van der Waals surface area contributed by atoms with Gasteiger partial charge in [-0.2, -0.15) is 15.0 Å². The van der Waals surface area contributed by atoms with Crippen molar-refractivity contribution < 1.29 is 0 Å². The lowest BCUT2D eigenvalue weighted by Crippen LogP contribution is -2.16. The Morgan fingerprint density at radius 3 is 2.82 bits per heavy atom. The second kappa shape index (κ2) is 5.41. The van der Waals surface area contributed by atoms with Gasteiger partial charge in [0, 0.05) is 0 Å². The van der Waals surface area contributed by atoms with Gasteiger partial charge in [0.1, 0.15) is 5.69 Å². The maximum Gasteiger partial charge on any atom is 0.100 e. The van der Waals surface area contributed by atoms with Crippen LogP contribution in [0.1, 0.15) is 18.2 Å². The van der Waals surface area contributed by atoms with E-state index in [0.29, 0.717) is 0 Å². The first-order valence-electron chi connectivity index (χ1n) is 5.61. The van der Waals surface area contributed by atoms with Gasteiger partial charge in [-0.05, 0) is 25.6 Å². The third-order valence-electron chi connectivity index (χ3n) is 2.60. The lowest BCUT2D eigenvalue weighted by molar-refractivity contribution is 0.577. The molecule has 4 heteroatoms. The van der Waals surface area contributed by atoms with Crippen molar-refractivity contribution >= 4 is 0 Å². The molecule has 0 fully saturated rings. The van der Waals surface area contributed by atoms with E-state index in [1.807, 2.05) is 43.5 Å². The third-order valence-corrected chi connectivity index (χ3v) is 2.60. The Kier molecular flexibility index (Phi) is 3.67. The maximum absolute atomic E-state index is 4.47. The zero-order valence-corrected chi connectivity index (χ0v) is 9.87. The molecule has 88 valence electrons. The highest BCUT2D eigenvalue weighted by Gasteiger charge is 2.11. The molecule has 0 saturated heterocycles. The van der Waals surface area contributed by atoms with E-state index in [1.165, 1.54) is 0 Å². The number of hydrogen-bond donors (Lipinski definition) is 1. The first-order chi connectivity index (χ1) is 8.35. The van der Waals surface area contributed by atoms with Gasteiger partial charge >= 0.3 is 0 Å². The summed E-state index contributed by atoms with van der Waals surface area (Å²) in [7, 11) is 1.91. The van der Waals surface area contributed by atoms with E-state index in [1.54, 1.807) is 11.0 Å². The molecule has 2 rings (SSSR count). The Hall–Kier alpha value is -1.94. The van der Waals surface area contributed by atoms with Crippen LogP contribution < -0.4 is 5.32 Å². The van der Waals surface area contributed by atoms with Gasteiger partial charge in [0.05, 0.1) is 17.9 Å². The lowest BCUT2D eigenvalue weighted by atomic mass is 10.1. The molecule has 2 aromatic rings. The van der Waals surface area contributed by atoms with Crippen LogP contribution in [0.15, 0.2) is 49.2 Å². The van der Waals surface area contributed by atoms with Crippen molar-refractivity contribution in [3.8, 4) is 5.69 Å². The van der Waals surface area contributed by atoms with Crippen LogP contribution in [0.2, 0.25) is 0 Å². The predicted octanol–water partition coefficient (Wildman–Crippen LogP) is 2.10. The van der Waals surface area contributed by atoms with E-state index in [0.717, 1.165) is 17.8 Å². The van der Waals surface area contributed by atoms with E-state index < -0.39 is 0 Å². The maximum atomic E-state index is 4.47. The second-order valence-corrected chi connectivity index (χ2v) is 3.76. The summed E-state index contributed by atoms with van der Waals surface area (Å²) in [6.45, 7) is 3.74. The normalized spacial score (nSPS) is 12.3. The molecule has 1 N–H and O–H groups in total. The summed E-state index contributed by atoms with van der Waals surface area (Å²) in [6, 6.07) is 10.0. The van der Waals surface area contributed by atoms with Crippen molar-refractivity contribution in [3.05, 3.63) is 54.9 Å². The van der Waals surface area contributed by atoms with Crippen molar-refractivity contribution in [2.45, 2.75) is 12.5 Å². The number of benzene rings is 1. The summed E-state index contributed by atoms with van der Waals surface area (Å²) in [6.07, 6.45) is 4.50. The molecule has 0 aliphatic heterocycles. The number of rotatable bonds is 5. The average molecular weight is 228 g/mol. The van der Waals surface area contributed by atoms with Gasteiger partial charge < -0.3 is 5.32 Å². The second-order valence-electron chi connectivity index (χ2n) is 3.76. The van der Waals surface area contributed by atoms with Gasteiger partial charge in [-0.1, -0.05) is 24.3 Å². The summed E-state index contributed by atoms with van der Waals surface area (Å²) >= 11 is 0. The first-order valence-corrected chi connectivity index (χ1v) is 5.61. The number of nitrogens with one attached hydrogen (secondary N) is 1. The molecule has 0 saturated carbocycles. The zero-order chi connectivity index (χ0) is 12.1. The molecule has 4 nitrogen and oxygen atoms in total. The highest BCUT2D eigenvalue weighted by atomic mass is 15.5. The minimum atomic E-state index is 0.171. The highest BCUT2D eigenvalue weighted by molar-refractivity contribution is 5.28. The van der Waals surface area contributed by atoms with Crippen LogP contribution in [-0.2, 0) is 0 Å². The van der Waals surface area contributed by atoms with E-state index in [-0.39, 0.29) is 6.04 Å². The quantitative estimate of drug-likeness (QED) is 0.797. The number of para-hydroxylation sites is 1. The molecular formula is C13H16N4. The molecule has 0 bridgehead atoms. The van der Waals surface area contributed by atoms with E-state index in [4.69, 9.17) is 0 Å². The van der Waals surface area contributed by atoms with Crippen molar-refractivity contribution in [1.82, 2.24) is 20.3 Å². The van der Waals surface area contributed by atoms with Gasteiger partial charge in [-0.15, -0.1) is 6.58 Å². The van der Waals surface area contributed by atoms with Crippen LogP contribution in [0.3, 0.4) is 0 Å². The molecule has 0 aliphatic carbocycles. The Bertz CT molecular complexity index is 475. The molecule has 0 spiro atoms. The van der Waals surface area contributed by atoms with Gasteiger partial charge in [-0.25, -0.2) is 0 Å². The fourth-order valence-corrected chi connectivity index (χ4v) is 1.67. The Labute approximate surface area is 101 Å². The number of hydrogen-bond acceptors (Lipinski definition) is 3. The van der Waals surface area contributed by atoms with E-state index in [2.05, 4.69) is 22.1 Å². The minimum Gasteiger partial charge on any atom is -0.311 e. The minimum absolute atomic E-state index is 0.171. The molecule has 1 heterocycles. The summed E-state index contributed by atoms with van der Waals surface area (Å²) in [5.41, 5.74) is 1.89.